The molecule has 0 fully saturated rings. The van der Waals surface area contributed by atoms with Crippen molar-refractivity contribution in [3.05, 3.63) is 249 Å². The highest BCUT2D eigenvalue weighted by Gasteiger charge is 2.23. The van der Waals surface area contributed by atoms with Crippen LogP contribution < -0.4 is 4.90 Å². The maximum Gasteiger partial charge on any atom is 0.0468 e. The van der Waals surface area contributed by atoms with Crippen LogP contribution in [0.25, 0.3) is 98.4 Å². The van der Waals surface area contributed by atoms with Crippen molar-refractivity contribution in [3.63, 3.8) is 0 Å². The molecule has 0 N–H and O–H groups in total. The van der Waals surface area contributed by atoms with Crippen molar-refractivity contribution < 1.29 is 0 Å². The highest BCUT2D eigenvalue weighted by atomic mass is 15.1. The van der Waals surface area contributed by atoms with Gasteiger partial charge in [0.05, 0.1) is 0 Å². The van der Waals surface area contributed by atoms with E-state index in [0.29, 0.717) is 0 Å². The normalized spacial score (nSPS) is 11.5. The number of nitrogens with zero attached hydrogens (tertiary/aromatic N) is 1. The lowest BCUT2D eigenvalue weighted by Crippen LogP contribution is -2.10. The zero-order chi connectivity index (χ0) is 41.7. The number of anilines is 3. The molecule has 1 heteroatoms. The van der Waals surface area contributed by atoms with Crippen LogP contribution in [0.3, 0.4) is 0 Å². The monoisotopic (exact) mass is 799 g/mol. The zero-order valence-corrected chi connectivity index (χ0v) is 34.6. The third kappa shape index (κ3) is 6.42. The quantitative estimate of drug-likeness (QED) is 0.145. The summed E-state index contributed by atoms with van der Waals surface area (Å²) in [4.78, 5) is 2.39. The fourth-order valence-corrected chi connectivity index (χ4v) is 9.81. The van der Waals surface area contributed by atoms with Gasteiger partial charge >= 0.3 is 0 Å². The van der Waals surface area contributed by atoms with Gasteiger partial charge in [-0.3, -0.25) is 0 Å². The largest absolute Gasteiger partial charge is 0.310 e. The number of benzene rings is 12. The zero-order valence-electron chi connectivity index (χ0n) is 34.6. The van der Waals surface area contributed by atoms with Crippen LogP contribution in [-0.4, -0.2) is 0 Å². The van der Waals surface area contributed by atoms with Crippen LogP contribution in [0.2, 0.25) is 0 Å². The van der Waals surface area contributed by atoms with Gasteiger partial charge in [-0.2, -0.15) is 0 Å². The summed E-state index contributed by atoms with van der Waals surface area (Å²) in [6.07, 6.45) is 0. The molecule has 0 unspecified atom stereocenters. The van der Waals surface area contributed by atoms with E-state index >= 15 is 0 Å². The van der Waals surface area contributed by atoms with Gasteiger partial charge in [0, 0.05) is 17.1 Å². The molecule has 0 saturated heterocycles. The van der Waals surface area contributed by atoms with Crippen LogP contribution in [0.1, 0.15) is 0 Å². The minimum absolute atomic E-state index is 1.10. The first-order valence-electron chi connectivity index (χ1n) is 21.7. The lowest BCUT2D eigenvalue weighted by Gasteiger charge is -2.27. The fourth-order valence-electron chi connectivity index (χ4n) is 9.81. The van der Waals surface area contributed by atoms with E-state index in [-0.39, 0.29) is 0 Å². The molecule has 0 atom stereocenters. The second-order valence-electron chi connectivity index (χ2n) is 16.4. The third-order valence-electron chi connectivity index (χ3n) is 12.8. The third-order valence-corrected chi connectivity index (χ3v) is 12.8. The molecular formula is C62H41N. The van der Waals surface area contributed by atoms with Gasteiger partial charge in [-0.15, -0.1) is 0 Å². The predicted octanol–water partition coefficient (Wildman–Crippen LogP) is 17.6. The van der Waals surface area contributed by atoms with Crippen LogP contribution in [0.15, 0.2) is 249 Å². The van der Waals surface area contributed by atoms with Crippen LogP contribution in [0, 0.1) is 0 Å². The van der Waals surface area contributed by atoms with E-state index in [0.717, 1.165) is 17.1 Å². The minimum atomic E-state index is 1.10. The van der Waals surface area contributed by atoms with Gasteiger partial charge in [0.2, 0.25) is 0 Å². The number of hydrogen-bond donors (Lipinski definition) is 0. The Morgan fingerprint density at radius 1 is 0.222 bits per heavy atom. The molecule has 12 aromatic carbocycles. The second-order valence-corrected chi connectivity index (χ2v) is 16.4. The lowest BCUT2D eigenvalue weighted by atomic mass is 9.81. The molecule has 0 aliphatic carbocycles. The molecule has 63 heavy (non-hydrogen) atoms. The Morgan fingerprint density at radius 3 is 1.29 bits per heavy atom. The topological polar surface area (TPSA) is 3.24 Å². The summed E-state index contributed by atoms with van der Waals surface area (Å²) in [5, 5.41) is 12.4. The van der Waals surface area contributed by atoms with E-state index in [1.807, 2.05) is 0 Å². The van der Waals surface area contributed by atoms with Gasteiger partial charge < -0.3 is 4.90 Å². The standard InChI is InChI=1S/C62H41N/c1-4-16-42(17-5-1)50-32-37-56-59(40-50)54-26-14-15-27-55(54)61-58(46-22-8-3-9-23-46)41-57(45-20-6-2-7-21-45)60(62(56)61)47-30-33-51(34-31-47)63(52-35-28-43-18-10-12-24-48(43)38-52)53-36-29-44-19-11-13-25-49(44)39-53/h1-41H. The maximum absolute atomic E-state index is 2.45. The van der Waals surface area contributed by atoms with Crippen molar-refractivity contribution in [3.8, 4) is 44.5 Å². The summed E-state index contributed by atoms with van der Waals surface area (Å²) in [7, 11) is 0. The smallest absolute Gasteiger partial charge is 0.0468 e. The van der Waals surface area contributed by atoms with Crippen LogP contribution in [-0.2, 0) is 0 Å². The summed E-state index contributed by atoms with van der Waals surface area (Å²) >= 11 is 0. The molecule has 0 spiro atoms. The molecule has 1 nitrogen and oxygen atoms in total. The molecule has 0 aromatic heterocycles. The average Bonchev–Trinajstić information content (AvgIpc) is 3.37. The molecule has 294 valence electrons. The molecule has 0 amide bonds. The Hall–Kier alpha value is -8.26. The van der Waals surface area contributed by atoms with E-state index in [1.54, 1.807) is 0 Å². The van der Waals surface area contributed by atoms with E-state index in [1.165, 1.54) is 98.4 Å². The summed E-state index contributed by atoms with van der Waals surface area (Å²) in [5.74, 6) is 0. The molecule has 0 bridgehead atoms. The van der Waals surface area contributed by atoms with Gasteiger partial charge in [-0.1, -0.05) is 200 Å². The van der Waals surface area contributed by atoms with Crippen molar-refractivity contribution in [2.75, 3.05) is 4.90 Å². The van der Waals surface area contributed by atoms with Gasteiger partial charge in [0.25, 0.3) is 0 Å². The predicted molar refractivity (Wildman–Crippen MR) is 270 cm³/mol. The summed E-state index contributed by atoms with van der Waals surface area (Å²) in [6, 6.07) is 91.2. The Kier molecular flexibility index (Phi) is 8.90. The van der Waals surface area contributed by atoms with Crippen LogP contribution in [0.5, 0.6) is 0 Å². The summed E-state index contributed by atoms with van der Waals surface area (Å²) in [6.45, 7) is 0. The highest BCUT2D eigenvalue weighted by molar-refractivity contribution is 6.33. The molecule has 12 aromatic rings. The Morgan fingerprint density at radius 2 is 0.683 bits per heavy atom. The van der Waals surface area contributed by atoms with Crippen molar-refractivity contribution in [1.29, 1.82) is 0 Å². The molecule has 0 aliphatic rings. The summed E-state index contributed by atoms with van der Waals surface area (Å²) < 4.78 is 0. The summed E-state index contributed by atoms with van der Waals surface area (Å²) in [5.41, 5.74) is 13.0. The second kappa shape index (κ2) is 15.3. The van der Waals surface area contributed by atoms with Crippen molar-refractivity contribution in [2.45, 2.75) is 0 Å². The molecule has 12 rings (SSSR count). The Balaban J connectivity index is 1.15. The first-order valence-corrected chi connectivity index (χ1v) is 21.7. The number of hydrogen-bond acceptors (Lipinski definition) is 1. The highest BCUT2D eigenvalue weighted by Crippen LogP contribution is 2.50. The van der Waals surface area contributed by atoms with Crippen LogP contribution >= 0.6 is 0 Å². The Labute approximate surface area is 367 Å². The van der Waals surface area contributed by atoms with Crippen molar-refractivity contribution in [1.82, 2.24) is 0 Å². The lowest BCUT2D eigenvalue weighted by molar-refractivity contribution is 1.29. The molecule has 0 heterocycles. The molecule has 0 saturated carbocycles. The van der Waals surface area contributed by atoms with Crippen LogP contribution in [0.4, 0.5) is 17.1 Å². The molecular weight excluding hydrogens is 759 g/mol. The SMILES string of the molecule is c1ccc(-c2ccc3c(c2)c2ccccc2c2c(-c4ccccc4)cc(-c4ccccc4)c(-c4ccc(N(c5ccc6ccccc6c5)c5ccc6ccccc6c5)cc4)c32)cc1. The van der Waals surface area contributed by atoms with Gasteiger partial charge in [0.15, 0.2) is 0 Å². The fraction of sp³-hybridized carbons (Fsp3) is 0. The Bertz CT molecular complexity index is 3560. The van der Waals surface area contributed by atoms with E-state index in [2.05, 4.69) is 254 Å². The first-order chi connectivity index (χ1) is 31.2. The number of fused-ring (bicyclic) bond motifs is 8. The van der Waals surface area contributed by atoms with Gasteiger partial charge in [-0.05, 0) is 147 Å². The molecule has 0 aliphatic heterocycles. The minimum Gasteiger partial charge on any atom is -0.310 e. The van der Waals surface area contributed by atoms with Crippen molar-refractivity contribution >= 4 is 70.9 Å². The first kappa shape index (κ1) is 36.6. The average molecular weight is 800 g/mol. The number of rotatable bonds is 7. The van der Waals surface area contributed by atoms with Gasteiger partial charge in [-0.25, -0.2) is 0 Å². The van der Waals surface area contributed by atoms with E-state index in [9.17, 15) is 0 Å². The maximum atomic E-state index is 2.45. The molecule has 0 radical (unpaired) electrons. The van der Waals surface area contributed by atoms with Gasteiger partial charge in [0.1, 0.15) is 0 Å². The van der Waals surface area contributed by atoms with E-state index in [4.69, 9.17) is 0 Å². The van der Waals surface area contributed by atoms with Crippen molar-refractivity contribution in [2.24, 2.45) is 0 Å². The van der Waals surface area contributed by atoms with E-state index < -0.39 is 0 Å².